The van der Waals surface area contributed by atoms with Crippen LogP contribution in [0.5, 0.6) is 28.7 Å². The third-order valence-electron chi connectivity index (χ3n) is 9.64. The molecule has 0 aliphatic rings. The first-order valence-corrected chi connectivity index (χ1v) is 17.5. The van der Waals surface area contributed by atoms with Crippen LogP contribution < -0.4 is 5.32 Å². The van der Waals surface area contributed by atoms with Gasteiger partial charge in [-0.3, -0.25) is 9.59 Å². The van der Waals surface area contributed by atoms with Gasteiger partial charge in [-0.2, -0.15) is 0 Å². The molecule has 0 fully saturated rings. The minimum Gasteiger partial charge on any atom is -0.507 e. The van der Waals surface area contributed by atoms with E-state index in [0.717, 1.165) is 16.7 Å². The van der Waals surface area contributed by atoms with Gasteiger partial charge in [-0.05, 0) is 111 Å². The standard InChI is InChI=1S/C43H40ClNO7/c1-22-8-5-9-26(16-22)11-7-13-33(46)37-29-17-23(2)35(40(49)31(29)19-25(4)39(37)48)36-24(3)18-30-32(41(36)50)21-34(47)42(51)38(30)43(52)45-15-14-27-10-6-12-28(44)20-27/h5-6,8-10,12,16-21,47-51H,7,11,13-15H2,1-4H3,(H,45,52). The average molecular weight is 718 g/mol. The van der Waals surface area contributed by atoms with Gasteiger partial charge >= 0.3 is 0 Å². The number of hydrogen-bond donors (Lipinski definition) is 6. The summed E-state index contributed by atoms with van der Waals surface area (Å²) in [5, 5.41) is 60.6. The van der Waals surface area contributed by atoms with Gasteiger partial charge in [0.25, 0.3) is 5.91 Å². The normalized spacial score (nSPS) is 11.3. The van der Waals surface area contributed by atoms with Crippen molar-refractivity contribution in [1.82, 2.24) is 5.32 Å². The summed E-state index contributed by atoms with van der Waals surface area (Å²) in [6.45, 7) is 7.33. The first-order valence-electron chi connectivity index (χ1n) is 17.1. The number of aryl methyl sites for hydroxylation is 5. The molecule has 0 spiro atoms. The lowest BCUT2D eigenvalue weighted by Crippen LogP contribution is -2.26. The van der Waals surface area contributed by atoms with Crippen LogP contribution in [0.25, 0.3) is 32.7 Å². The zero-order chi connectivity index (χ0) is 37.4. The highest BCUT2D eigenvalue weighted by atomic mass is 35.5. The Morgan fingerprint density at radius 3 is 1.83 bits per heavy atom. The molecule has 0 bridgehead atoms. The molecule has 0 heterocycles. The van der Waals surface area contributed by atoms with Crippen LogP contribution in [0.4, 0.5) is 0 Å². The topological polar surface area (TPSA) is 147 Å². The van der Waals surface area contributed by atoms with Crippen LogP contribution in [0, 0.1) is 27.7 Å². The summed E-state index contributed by atoms with van der Waals surface area (Å²) in [6, 6.07) is 21.5. The number of amides is 1. The number of phenolic OH excluding ortho intramolecular Hbond substituents is 5. The molecule has 6 rings (SSSR count). The Bertz CT molecular complexity index is 2250. The second-order valence-corrected chi connectivity index (χ2v) is 13.9. The van der Waals surface area contributed by atoms with Crippen molar-refractivity contribution in [2.45, 2.75) is 53.4 Å². The second-order valence-electron chi connectivity index (χ2n) is 13.5. The summed E-state index contributed by atoms with van der Waals surface area (Å²) in [6.07, 6.45) is 1.94. The molecule has 0 unspecified atom stereocenters. The largest absolute Gasteiger partial charge is 0.507 e. The van der Waals surface area contributed by atoms with E-state index in [1.807, 2.05) is 37.3 Å². The number of Topliss-reactive ketones (excluding diaryl/α,β-unsaturated/α-hetero) is 1. The first-order chi connectivity index (χ1) is 24.8. The molecular weight excluding hydrogens is 678 g/mol. The number of fused-ring (bicyclic) bond motifs is 2. The van der Waals surface area contributed by atoms with Crippen molar-refractivity contribution in [3.05, 3.63) is 122 Å². The molecule has 0 aromatic heterocycles. The molecule has 8 nitrogen and oxygen atoms in total. The SMILES string of the molecule is Cc1cccc(CCCC(=O)c2c(O)c(C)cc3c(O)c(-c4c(C)cc5c(C(=O)NCCc6cccc(Cl)c6)c(O)c(O)cc5c4O)c(C)cc23)c1. The van der Waals surface area contributed by atoms with Crippen molar-refractivity contribution < 1.29 is 35.1 Å². The van der Waals surface area contributed by atoms with Gasteiger partial charge in [-0.1, -0.05) is 53.6 Å². The van der Waals surface area contributed by atoms with Gasteiger partial charge in [0, 0.05) is 50.7 Å². The number of hydrogen-bond acceptors (Lipinski definition) is 7. The number of halogens is 1. The number of carbonyl (C=O) groups is 2. The Hall–Kier alpha value is -5.73. The highest BCUT2D eigenvalue weighted by molar-refractivity contribution is 6.30. The zero-order valence-corrected chi connectivity index (χ0v) is 30.2. The number of aromatic hydroxyl groups is 5. The molecule has 0 aliphatic heterocycles. The quantitative estimate of drug-likeness (QED) is 0.0611. The van der Waals surface area contributed by atoms with Crippen LogP contribution in [0.3, 0.4) is 0 Å². The van der Waals surface area contributed by atoms with Crippen LogP contribution in [-0.4, -0.2) is 43.8 Å². The van der Waals surface area contributed by atoms with Crippen LogP contribution in [0.2, 0.25) is 5.02 Å². The smallest absolute Gasteiger partial charge is 0.255 e. The van der Waals surface area contributed by atoms with E-state index in [4.69, 9.17) is 11.6 Å². The maximum Gasteiger partial charge on any atom is 0.255 e. The average Bonchev–Trinajstić information content (AvgIpc) is 3.08. The van der Waals surface area contributed by atoms with Crippen molar-refractivity contribution in [2.24, 2.45) is 0 Å². The van der Waals surface area contributed by atoms with Gasteiger partial charge in [-0.25, -0.2) is 0 Å². The molecule has 1 amide bonds. The molecular formula is C43H40ClNO7. The predicted octanol–water partition coefficient (Wildman–Crippen LogP) is 9.25. The lowest BCUT2D eigenvalue weighted by molar-refractivity contribution is 0.0950. The minimum atomic E-state index is -0.650. The van der Waals surface area contributed by atoms with E-state index in [2.05, 4.69) is 11.4 Å². The molecule has 52 heavy (non-hydrogen) atoms. The fraction of sp³-hybridized carbons (Fsp3) is 0.209. The number of nitrogens with one attached hydrogen (secondary N) is 1. The van der Waals surface area contributed by atoms with Crippen molar-refractivity contribution in [2.75, 3.05) is 6.54 Å². The third-order valence-corrected chi connectivity index (χ3v) is 9.88. The highest BCUT2D eigenvalue weighted by Gasteiger charge is 2.27. The van der Waals surface area contributed by atoms with E-state index in [0.29, 0.717) is 51.7 Å². The van der Waals surface area contributed by atoms with E-state index < -0.39 is 17.4 Å². The predicted molar refractivity (Wildman–Crippen MR) is 205 cm³/mol. The van der Waals surface area contributed by atoms with Gasteiger partial charge < -0.3 is 30.8 Å². The molecule has 0 atom stereocenters. The van der Waals surface area contributed by atoms with Crippen LogP contribution in [0.1, 0.15) is 66.9 Å². The Balaban J connectivity index is 1.38. The van der Waals surface area contributed by atoms with Crippen LogP contribution in [-0.2, 0) is 12.8 Å². The van der Waals surface area contributed by atoms with E-state index in [9.17, 15) is 35.1 Å². The highest BCUT2D eigenvalue weighted by Crippen LogP contribution is 2.50. The van der Waals surface area contributed by atoms with Gasteiger partial charge in [0.1, 0.15) is 17.2 Å². The maximum absolute atomic E-state index is 13.7. The van der Waals surface area contributed by atoms with Crippen molar-refractivity contribution in [3.8, 4) is 39.9 Å². The second kappa shape index (κ2) is 14.5. The van der Waals surface area contributed by atoms with E-state index in [1.165, 1.54) is 6.07 Å². The van der Waals surface area contributed by atoms with E-state index in [-0.39, 0.29) is 69.0 Å². The summed E-state index contributed by atoms with van der Waals surface area (Å²) in [5.74, 6) is -2.79. The summed E-state index contributed by atoms with van der Waals surface area (Å²) in [7, 11) is 0. The lowest BCUT2D eigenvalue weighted by atomic mass is 9.86. The van der Waals surface area contributed by atoms with Crippen molar-refractivity contribution in [1.29, 1.82) is 0 Å². The lowest BCUT2D eigenvalue weighted by Gasteiger charge is -2.20. The summed E-state index contributed by atoms with van der Waals surface area (Å²) < 4.78 is 0. The number of rotatable bonds is 10. The molecule has 0 radical (unpaired) electrons. The van der Waals surface area contributed by atoms with Gasteiger partial charge in [0.05, 0.1) is 11.1 Å². The number of phenols is 5. The zero-order valence-electron chi connectivity index (χ0n) is 29.4. The maximum atomic E-state index is 13.7. The van der Waals surface area contributed by atoms with Gasteiger partial charge in [0.2, 0.25) is 0 Å². The molecule has 9 heteroatoms. The minimum absolute atomic E-state index is 0.0844. The van der Waals surface area contributed by atoms with E-state index >= 15 is 0 Å². The molecule has 0 saturated carbocycles. The summed E-state index contributed by atoms with van der Waals surface area (Å²) in [5.41, 5.74) is 5.03. The number of benzene rings is 6. The van der Waals surface area contributed by atoms with E-state index in [1.54, 1.807) is 51.1 Å². The van der Waals surface area contributed by atoms with Crippen molar-refractivity contribution >= 4 is 44.8 Å². The molecule has 0 aliphatic carbocycles. The summed E-state index contributed by atoms with van der Waals surface area (Å²) in [4.78, 5) is 27.1. The van der Waals surface area contributed by atoms with Gasteiger partial charge in [0.15, 0.2) is 17.3 Å². The fourth-order valence-electron chi connectivity index (χ4n) is 7.10. The number of ketones is 1. The van der Waals surface area contributed by atoms with Crippen LogP contribution >= 0.6 is 11.6 Å². The van der Waals surface area contributed by atoms with Crippen LogP contribution in [0.15, 0.2) is 72.8 Å². The Kier molecular flexibility index (Phi) is 10.0. The third kappa shape index (κ3) is 6.82. The number of carbonyl (C=O) groups excluding carboxylic acids is 2. The Morgan fingerprint density at radius 1 is 0.615 bits per heavy atom. The molecule has 6 aromatic carbocycles. The Morgan fingerprint density at radius 2 is 1.19 bits per heavy atom. The monoisotopic (exact) mass is 717 g/mol. The van der Waals surface area contributed by atoms with Gasteiger partial charge in [-0.15, -0.1) is 0 Å². The molecule has 6 N–H and O–H groups in total. The summed E-state index contributed by atoms with van der Waals surface area (Å²) >= 11 is 6.08. The molecule has 6 aromatic rings. The Labute approximate surface area is 306 Å². The molecule has 266 valence electrons. The van der Waals surface area contributed by atoms with Crippen molar-refractivity contribution in [3.63, 3.8) is 0 Å². The fourth-order valence-corrected chi connectivity index (χ4v) is 7.31. The molecule has 0 saturated heterocycles. The first kappa shape index (κ1) is 36.1.